The van der Waals surface area contributed by atoms with Gasteiger partial charge in [-0.2, -0.15) is 4.31 Å². The van der Waals surface area contributed by atoms with E-state index in [1.54, 1.807) is 18.1 Å². The Labute approximate surface area is 152 Å². The van der Waals surface area contributed by atoms with Crippen LogP contribution in [-0.2, 0) is 19.6 Å². The number of nitrogens with zero attached hydrogens (tertiary/aromatic N) is 2. The molecule has 1 saturated heterocycles. The summed E-state index contributed by atoms with van der Waals surface area (Å²) in [5.74, 6) is 0.0138. The minimum Gasteiger partial charge on any atom is -0.385 e. The third kappa shape index (κ3) is 4.40. The first kappa shape index (κ1) is 19.5. The van der Waals surface area contributed by atoms with Crippen LogP contribution in [0.25, 0.3) is 0 Å². The van der Waals surface area contributed by atoms with Crippen LogP contribution in [0.1, 0.15) is 12.8 Å². The quantitative estimate of drug-likeness (QED) is 0.693. The van der Waals surface area contributed by atoms with E-state index in [4.69, 9.17) is 27.9 Å². The summed E-state index contributed by atoms with van der Waals surface area (Å²) in [5.41, 5.74) is 0. The van der Waals surface area contributed by atoms with Crippen LogP contribution in [0.5, 0.6) is 0 Å². The Bertz CT molecular complexity index is 668. The summed E-state index contributed by atoms with van der Waals surface area (Å²) in [4.78, 5) is 13.7. The smallest absolute Gasteiger partial charge is 0.246 e. The average Bonchev–Trinajstić information content (AvgIpc) is 2.54. The lowest BCUT2D eigenvalue weighted by molar-refractivity contribution is -0.132. The van der Waals surface area contributed by atoms with Crippen molar-refractivity contribution in [3.05, 3.63) is 28.2 Å². The van der Waals surface area contributed by atoms with Gasteiger partial charge in [-0.25, -0.2) is 8.42 Å². The normalized spacial score (nSPS) is 16.4. The number of sulfonamides is 1. The molecule has 1 fully saturated rings. The molecular weight excluding hydrogens is 375 g/mol. The van der Waals surface area contributed by atoms with Crippen LogP contribution in [0.2, 0.25) is 10.0 Å². The molecule has 0 N–H and O–H groups in total. The Morgan fingerprint density at radius 2 is 1.75 bits per heavy atom. The van der Waals surface area contributed by atoms with Gasteiger partial charge in [0.25, 0.3) is 0 Å². The van der Waals surface area contributed by atoms with Crippen molar-refractivity contribution in [1.29, 1.82) is 0 Å². The fourth-order valence-electron chi connectivity index (χ4n) is 2.56. The summed E-state index contributed by atoms with van der Waals surface area (Å²) in [6.07, 6.45) is 1.06. The van der Waals surface area contributed by atoms with Crippen molar-refractivity contribution in [2.75, 3.05) is 39.9 Å². The Balaban J connectivity index is 2.02. The first-order valence-electron chi connectivity index (χ1n) is 7.59. The van der Waals surface area contributed by atoms with Gasteiger partial charge in [0.1, 0.15) is 4.90 Å². The first-order valence-corrected chi connectivity index (χ1v) is 9.78. The van der Waals surface area contributed by atoms with E-state index in [1.165, 1.54) is 16.4 Å². The number of halogens is 2. The molecule has 6 nitrogen and oxygen atoms in total. The van der Waals surface area contributed by atoms with Crippen molar-refractivity contribution in [1.82, 2.24) is 9.21 Å². The molecule has 0 saturated carbocycles. The van der Waals surface area contributed by atoms with Crippen LogP contribution in [-0.4, -0.2) is 63.4 Å². The number of methoxy groups -OCH3 is 1. The number of amides is 1. The highest BCUT2D eigenvalue weighted by Crippen LogP contribution is 2.31. The Hall–Kier alpha value is -0.860. The van der Waals surface area contributed by atoms with Crippen LogP contribution in [0.4, 0.5) is 0 Å². The van der Waals surface area contributed by atoms with E-state index in [1.807, 2.05) is 0 Å². The fraction of sp³-hybridized carbons (Fsp3) is 0.533. The number of rotatable bonds is 6. The number of ether oxygens (including phenoxy) is 1. The molecule has 9 heteroatoms. The summed E-state index contributed by atoms with van der Waals surface area (Å²) in [6.45, 7) is 1.69. The van der Waals surface area contributed by atoms with Crippen molar-refractivity contribution in [2.24, 2.45) is 0 Å². The summed E-state index contributed by atoms with van der Waals surface area (Å²) in [5, 5.41) is 0.196. The number of carbonyl (C=O) groups is 1. The van der Waals surface area contributed by atoms with Crippen molar-refractivity contribution >= 4 is 39.1 Å². The highest BCUT2D eigenvalue weighted by Gasteiger charge is 2.32. The molecule has 1 amide bonds. The number of carbonyl (C=O) groups excluding carboxylic acids is 1. The van der Waals surface area contributed by atoms with Crippen LogP contribution >= 0.6 is 23.2 Å². The van der Waals surface area contributed by atoms with Gasteiger partial charge in [-0.05, 0) is 18.6 Å². The molecule has 0 radical (unpaired) electrons. The minimum absolute atomic E-state index is 0.0138. The van der Waals surface area contributed by atoms with Crippen molar-refractivity contribution in [3.63, 3.8) is 0 Å². The van der Waals surface area contributed by atoms with Gasteiger partial charge in [-0.3, -0.25) is 4.79 Å². The number of benzene rings is 1. The Kier molecular flexibility index (Phi) is 6.88. The van der Waals surface area contributed by atoms with Crippen molar-refractivity contribution in [2.45, 2.75) is 17.7 Å². The second-order valence-corrected chi connectivity index (χ2v) is 8.12. The van der Waals surface area contributed by atoms with Gasteiger partial charge in [0, 0.05) is 46.3 Å². The van der Waals surface area contributed by atoms with Gasteiger partial charge in [0.05, 0.1) is 10.0 Å². The number of hydrogen-bond acceptors (Lipinski definition) is 4. The third-order valence-corrected chi connectivity index (χ3v) is 6.70. The van der Waals surface area contributed by atoms with E-state index < -0.39 is 10.0 Å². The van der Waals surface area contributed by atoms with Gasteiger partial charge in [-0.15, -0.1) is 0 Å². The minimum atomic E-state index is -3.78. The highest BCUT2D eigenvalue weighted by molar-refractivity contribution is 7.89. The number of hydrogen-bond donors (Lipinski definition) is 0. The second-order valence-electron chi connectivity index (χ2n) is 5.43. The van der Waals surface area contributed by atoms with E-state index in [2.05, 4.69) is 0 Å². The highest BCUT2D eigenvalue weighted by atomic mass is 35.5. The summed E-state index contributed by atoms with van der Waals surface area (Å²) in [6, 6.07) is 4.59. The molecule has 0 spiro atoms. The van der Waals surface area contributed by atoms with Crippen LogP contribution in [0.15, 0.2) is 23.1 Å². The first-order chi connectivity index (χ1) is 11.4. The summed E-state index contributed by atoms with van der Waals surface area (Å²) >= 11 is 12.0. The van der Waals surface area contributed by atoms with E-state index in [0.29, 0.717) is 32.5 Å². The summed E-state index contributed by atoms with van der Waals surface area (Å²) in [7, 11) is -2.19. The predicted molar refractivity (Wildman–Crippen MR) is 92.9 cm³/mol. The van der Waals surface area contributed by atoms with Gasteiger partial charge < -0.3 is 9.64 Å². The largest absolute Gasteiger partial charge is 0.385 e. The maximum Gasteiger partial charge on any atom is 0.246 e. The molecule has 134 valence electrons. The maximum atomic E-state index is 12.8. The van der Waals surface area contributed by atoms with Crippen molar-refractivity contribution < 1.29 is 17.9 Å². The standard InChI is InChI=1S/C15H20Cl2N2O4S/c1-23-11-3-6-14(20)18-7-9-19(10-8-18)24(21,22)15-12(16)4-2-5-13(15)17/h2,4-5H,3,6-11H2,1H3. The molecule has 0 bridgehead atoms. The van der Waals surface area contributed by atoms with Gasteiger partial charge in [0.2, 0.25) is 15.9 Å². The maximum absolute atomic E-state index is 12.8. The molecule has 0 aromatic heterocycles. The second kappa shape index (κ2) is 8.49. The Morgan fingerprint density at radius 3 is 2.29 bits per heavy atom. The molecule has 24 heavy (non-hydrogen) atoms. The average molecular weight is 395 g/mol. The molecule has 1 heterocycles. The molecule has 0 unspecified atom stereocenters. The van der Waals surface area contributed by atoms with E-state index in [0.717, 1.165) is 0 Å². The lowest BCUT2D eigenvalue weighted by Crippen LogP contribution is -2.50. The molecular formula is C15H20Cl2N2O4S. The van der Waals surface area contributed by atoms with E-state index in [-0.39, 0.29) is 33.9 Å². The number of piperazine rings is 1. The third-order valence-electron chi connectivity index (χ3n) is 3.85. The lowest BCUT2D eigenvalue weighted by Gasteiger charge is -2.34. The Morgan fingerprint density at radius 1 is 1.17 bits per heavy atom. The van der Waals surface area contributed by atoms with Gasteiger partial charge in [-0.1, -0.05) is 29.3 Å². The zero-order valence-corrected chi connectivity index (χ0v) is 15.7. The van der Waals surface area contributed by atoms with E-state index in [9.17, 15) is 13.2 Å². The molecule has 0 aliphatic carbocycles. The topological polar surface area (TPSA) is 66.9 Å². The zero-order valence-electron chi connectivity index (χ0n) is 13.4. The monoisotopic (exact) mass is 394 g/mol. The molecule has 1 aromatic carbocycles. The molecule has 1 aliphatic rings. The SMILES string of the molecule is COCCCC(=O)N1CCN(S(=O)(=O)c2c(Cl)cccc2Cl)CC1. The zero-order chi connectivity index (χ0) is 17.7. The van der Waals surface area contributed by atoms with Gasteiger partial charge in [0.15, 0.2) is 0 Å². The summed E-state index contributed by atoms with van der Waals surface area (Å²) < 4.78 is 31.8. The fourth-order valence-corrected chi connectivity index (χ4v) is 5.08. The lowest BCUT2D eigenvalue weighted by atomic mass is 10.2. The van der Waals surface area contributed by atoms with Crippen LogP contribution in [0, 0.1) is 0 Å². The molecule has 1 aliphatic heterocycles. The van der Waals surface area contributed by atoms with Gasteiger partial charge >= 0.3 is 0 Å². The van der Waals surface area contributed by atoms with Crippen LogP contribution in [0.3, 0.4) is 0 Å². The van der Waals surface area contributed by atoms with Crippen LogP contribution < -0.4 is 0 Å². The predicted octanol–water partition coefficient (Wildman–Crippen LogP) is 2.25. The molecule has 0 atom stereocenters. The van der Waals surface area contributed by atoms with E-state index >= 15 is 0 Å². The van der Waals surface area contributed by atoms with Crippen molar-refractivity contribution in [3.8, 4) is 0 Å². The molecule has 2 rings (SSSR count). The molecule has 1 aromatic rings.